The summed E-state index contributed by atoms with van der Waals surface area (Å²) in [6, 6.07) is 1.48. The number of nitrogens with zero attached hydrogens (tertiary/aromatic N) is 2. The van der Waals surface area contributed by atoms with E-state index >= 15 is 0 Å². The first-order chi connectivity index (χ1) is 11.8. The molecule has 1 aliphatic rings. The molecule has 0 unspecified atom stereocenters. The van der Waals surface area contributed by atoms with Crippen molar-refractivity contribution in [3.8, 4) is 0 Å². The summed E-state index contributed by atoms with van der Waals surface area (Å²) >= 11 is 0. The molecule has 2 aromatic heterocycles. The number of rotatable bonds is 4. The van der Waals surface area contributed by atoms with Gasteiger partial charge in [-0.05, 0) is 32.9 Å². The largest absolute Gasteiger partial charge is 0.456 e. The Balaban J connectivity index is 0.00000243. The van der Waals surface area contributed by atoms with Gasteiger partial charge in [-0.15, -0.1) is 12.4 Å². The molecule has 1 saturated heterocycles. The molecule has 0 radical (unpaired) electrons. The maximum absolute atomic E-state index is 12.9. The van der Waals surface area contributed by atoms with Gasteiger partial charge in [0.2, 0.25) is 0 Å². The van der Waals surface area contributed by atoms with Crippen LogP contribution in [0, 0.1) is 6.92 Å². The second-order valence-corrected chi connectivity index (χ2v) is 6.45. The number of aryl methyl sites for hydroxylation is 1. The van der Waals surface area contributed by atoms with Crippen molar-refractivity contribution in [3.63, 3.8) is 0 Å². The van der Waals surface area contributed by atoms with E-state index in [0.29, 0.717) is 18.3 Å². The Bertz CT molecular complexity index is 854. The smallest absolute Gasteiger partial charge is 0.344 e. The zero-order valence-electron chi connectivity index (χ0n) is 14.5. The van der Waals surface area contributed by atoms with E-state index in [2.05, 4.69) is 15.4 Å². The highest BCUT2D eigenvalue weighted by Gasteiger charge is 2.28. The van der Waals surface area contributed by atoms with Crippen molar-refractivity contribution >= 4 is 24.0 Å². The summed E-state index contributed by atoms with van der Waals surface area (Å²) in [6.07, 6.45) is 1.69. The summed E-state index contributed by atoms with van der Waals surface area (Å²) in [7, 11) is 0. The first-order valence-corrected chi connectivity index (χ1v) is 8.14. The molecule has 2 N–H and O–H groups in total. The van der Waals surface area contributed by atoms with Crippen LogP contribution in [0.4, 0.5) is 8.78 Å². The van der Waals surface area contributed by atoms with Crippen LogP contribution in [0.3, 0.4) is 0 Å². The molecule has 3 heterocycles. The highest BCUT2D eigenvalue weighted by atomic mass is 35.5. The molecule has 0 bridgehead atoms. The second-order valence-electron chi connectivity index (χ2n) is 6.45. The van der Waals surface area contributed by atoms with E-state index in [0.717, 1.165) is 25.9 Å². The number of hydrogen-bond donors (Lipinski definition) is 2. The van der Waals surface area contributed by atoms with Crippen LogP contribution in [0.15, 0.2) is 10.9 Å². The van der Waals surface area contributed by atoms with Crippen molar-refractivity contribution in [2.75, 3.05) is 19.7 Å². The Kier molecular flexibility index (Phi) is 6.02. The highest BCUT2D eigenvalue weighted by Crippen LogP contribution is 2.26. The van der Waals surface area contributed by atoms with Gasteiger partial charge in [0.25, 0.3) is 11.5 Å². The Morgan fingerprint density at radius 2 is 2.08 bits per heavy atom. The number of fused-ring (bicyclic) bond motifs is 1. The van der Waals surface area contributed by atoms with E-state index < -0.39 is 18.5 Å². The quantitative estimate of drug-likeness (QED) is 0.780. The van der Waals surface area contributed by atoms with Crippen LogP contribution < -0.4 is 10.9 Å². The number of halogens is 3. The number of esters is 1. The van der Waals surface area contributed by atoms with Crippen molar-refractivity contribution in [2.24, 2.45) is 0 Å². The molecule has 0 atom stereocenters. The lowest BCUT2D eigenvalue weighted by atomic mass is 9.94. The first-order valence-electron chi connectivity index (χ1n) is 8.14. The van der Waals surface area contributed by atoms with Crippen molar-refractivity contribution in [1.82, 2.24) is 19.9 Å². The standard InChI is InChI=1S/C16H20F2N4O3.ClH/c1-9-13(15(24)25-8-16(2,17)18)14-20-12(23)7-11(22(14)21-9)10-3-5-19-6-4-10;/h7,10,19H,3-6,8H2,1-2H3,(H,20,23);1H. The van der Waals surface area contributed by atoms with E-state index in [-0.39, 0.29) is 35.1 Å². The number of aromatic amines is 1. The molecule has 0 aromatic carbocycles. The summed E-state index contributed by atoms with van der Waals surface area (Å²) < 4.78 is 32.1. The molecule has 0 spiro atoms. The summed E-state index contributed by atoms with van der Waals surface area (Å²) in [5, 5.41) is 7.58. The van der Waals surface area contributed by atoms with E-state index in [1.54, 1.807) is 6.92 Å². The van der Waals surface area contributed by atoms with Crippen LogP contribution in [0.2, 0.25) is 0 Å². The molecule has 7 nitrogen and oxygen atoms in total. The zero-order valence-corrected chi connectivity index (χ0v) is 15.3. The van der Waals surface area contributed by atoms with Crippen LogP contribution in [-0.4, -0.2) is 46.2 Å². The number of nitrogens with one attached hydrogen (secondary N) is 2. The summed E-state index contributed by atoms with van der Waals surface area (Å²) in [6.45, 7) is 2.89. The van der Waals surface area contributed by atoms with Gasteiger partial charge in [0.05, 0.1) is 11.4 Å². The summed E-state index contributed by atoms with van der Waals surface area (Å²) in [4.78, 5) is 26.9. The maximum Gasteiger partial charge on any atom is 0.344 e. The van der Waals surface area contributed by atoms with Gasteiger partial charge in [-0.3, -0.25) is 4.79 Å². The molecule has 144 valence electrons. The second kappa shape index (κ2) is 7.71. The topological polar surface area (TPSA) is 88.5 Å². The predicted molar refractivity (Wildman–Crippen MR) is 93.5 cm³/mol. The normalized spacial score (nSPS) is 15.7. The van der Waals surface area contributed by atoms with Gasteiger partial charge in [-0.1, -0.05) is 0 Å². The van der Waals surface area contributed by atoms with Crippen LogP contribution >= 0.6 is 12.4 Å². The third-order valence-corrected chi connectivity index (χ3v) is 4.24. The number of H-pyrrole nitrogens is 1. The molecule has 0 aliphatic carbocycles. The molecular formula is C16H21ClF2N4O3. The number of piperidine rings is 1. The van der Waals surface area contributed by atoms with Crippen molar-refractivity contribution in [3.05, 3.63) is 33.4 Å². The Hall–Kier alpha value is -2.00. The Morgan fingerprint density at radius 3 is 2.69 bits per heavy atom. The van der Waals surface area contributed by atoms with Gasteiger partial charge < -0.3 is 15.0 Å². The van der Waals surface area contributed by atoms with E-state index in [1.807, 2.05) is 0 Å². The number of aromatic nitrogens is 3. The highest BCUT2D eigenvalue weighted by molar-refractivity contribution is 5.97. The number of carbonyl (C=O) groups excluding carboxylic acids is 1. The average molecular weight is 391 g/mol. The minimum absolute atomic E-state index is 0. The average Bonchev–Trinajstić information content (AvgIpc) is 2.88. The molecule has 26 heavy (non-hydrogen) atoms. The fourth-order valence-electron chi connectivity index (χ4n) is 3.10. The van der Waals surface area contributed by atoms with Crippen LogP contribution in [0.25, 0.3) is 5.65 Å². The lowest BCUT2D eigenvalue weighted by Crippen LogP contribution is -2.28. The van der Waals surface area contributed by atoms with E-state index in [1.165, 1.54) is 10.6 Å². The maximum atomic E-state index is 12.9. The molecule has 2 aromatic rings. The fraction of sp³-hybridized carbons (Fsp3) is 0.562. The zero-order chi connectivity index (χ0) is 18.2. The van der Waals surface area contributed by atoms with E-state index in [4.69, 9.17) is 4.74 Å². The molecule has 3 rings (SSSR count). The Morgan fingerprint density at radius 1 is 1.42 bits per heavy atom. The van der Waals surface area contributed by atoms with Crippen LogP contribution in [-0.2, 0) is 4.74 Å². The molecule has 0 amide bonds. The van der Waals surface area contributed by atoms with Crippen LogP contribution in [0.5, 0.6) is 0 Å². The summed E-state index contributed by atoms with van der Waals surface area (Å²) in [5.74, 6) is -3.92. The molecule has 10 heteroatoms. The number of ether oxygens (including phenoxy) is 1. The SMILES string of the molecule is Cc1nn2c(C3CCNCC3)cc(=O)[nH]c2c1C(=O)OCC(C)(F)F.Cl. The summed E-state index contributed by atoms with van der Waals surface area (Å²) in [5.41, 5.74) is 0.862. The third-order valence-electron chi connectivity index (χ3n) is 4.24. The van der Waals surface area contributed by atoms with Gasteiger partial charge >= 0.3 is 5.97 Å². The van der Waals surface area contributed by atoms with Crippen molar-refractivity contribution < 1.29 is 18.3 Å². The molecular weight excluding hydrogens is 370 g/mol. The van der Waals surface area contributed by atoms with Crippen molar-refractivity contribution in [1.29, 1.82) is 0 Å². The van der Waals surface area contributed by atoms with Gasteiger partial charge in [0.1, 0.15) is 5.56 Å². The Labute approximate surface area is 154 Å². The lowest BCUT2D eigenvalue weighted by molar-refractivity contribution is -0.0466. The minimum Gasteiger partial charge on any atom is -0.456 e. The van der Waals surface area contributed by atoms with Crippen LogP contribution in [0.1, 0.15) is 47.4 Å². The van der Waals surface area contributed by atoms with Crippen molar-refractivity contribution in [2.45, 2.75) is 38.5 Å². The first kappa shape index (κ1) is 20.3. The molecule has 0 saturated carbocycles. The lowest BCUT2D eigenvalue weighted by Gasteiger charge is -2.23. The van der Waals surface area contributed by atoms with Gasteiger partial charge in [-0.2, -0.15) is 5.10 Å². The molecule has 1 fully saturated rings. The monoisotopic (exact) mass is 390 g/mol. The number of carbonyl (C=O) groups is 1. The van der Waals surface area contributed by atoms with Gasteiger partial charge in [-0.25, -0.2) is 18.1 Å². The number of alkyl halides is 2. The van der Waals surface area contributed by atoms with Gasteiger partial charge in [0, 0.05) is 18.9 Å². The fourth-order valence-corrected chi connectivity index (χ4v) is 3.10. The molecule has 1 aliphatic heterocycles. The number of hydrogen-bond acceptors (Lipinski definition) is 5. The predicted octanol–water partition coefficient (Wildman–Crippen LogP) is 2.03. The van der Waals surface area contributed by atoms with Gasteiger partial charge in [0.15, 0.2) is 12.3 Å². The van der Waals surface area contributed by atoms with E-state index in [9.17, 15) is 18.4 Å². The third kappa shape index (κ3) is 4.21. The minimum atomic E-state index is -3.12.